The molecule has 3 fully saturated rings. The van der Waals surface area contributed by atoms with Crippen LogP contribution in [-0.4, -0.2) is 94.7 Å². The lowest BCUT2D eigenvalue weighted by molar-refractivity contribution is 0.0130. The molecule has 48 heavy (non-hydrogen) atoms. The number of piperazine rings is 1. The van der Waals surface area contributed by atoms with E-state index >= 15 is 4.39 Å². The van der Waals surface area contributed by atoms with E-state index in [1.54, 1.807) is 15.5 Å². The third-order valence-corrected chi connectivity index (χ3v) is 10.3. The van der Waals surface area contributed by atoms with Gasteiger partial charge in [-0.05, 0) is 78.6 Å². The predicted molar refractivity (Wildman–Crippen MR) is 179 cm³/mol. The highest BCUT2D eigenvalue weighted by molar-refractivity contribution is 6.35. The van der Waals surface area contributed by atoms with Crippen molar-refractivity contribution < 1.29 is 27.8 Å². The number of likely N-dealkylation sites (tertiary alicyclic amines) is 1. The molecule has 7 rings (SSSR count). The maximum absolute atomic E-state index is 15.3. The second kappa shape index (κ2) is 12.4. The first-order valence-corrected chi connectivity index (χ1v) is 17.2. The van der Waals surface area contributed by atoms with Gasteiger partial charge in [0.05, 0.1) is 29.3 Å². The van der Waals surface area contributed by atoms with Crippen molar-refractivity contribution in [1.82, 2.24) is 19.4 Å². The summed E-state index contributed by atoms with van der Waals surface area (Å²) in [6.07, 6.45) is 2.50. The van der Waals surface area contributed by atoms with Gasteiger partial charge in [0, 0.05) is 60.3 Å². The molecule has 0 spiro atoms. The maximum Gasteiger partial charge on any atom is 0.410 e. The Hall–Kier alpha value is -3.48. The minimum atomic E-state index is -0.786. The lowest BCUT2D eigenvalue weighted by Crippen LogP contribution is -2.59. The summed E-state index contributed by atoms with van der Waals surface area (Å²) in [5.41, 5.74) is -0.264. The van der Waals surface area contributed by atoms with Gasteiger partial charge in [-0.1, -0.05) is 11.6 Å². The third-order valence-electron chi connectivity index (χ3n) is 9.96. The molecule has 3 aromatic rings. The molecule has 3 saturated heterocycles. The van der Waals surface area contributed by atoms with Gasteiger partial charge >= 0.3 is 11.8 Å². The molecular formula is C35H42ClF2N5O5. The van der Waals surface area contributed by atoms with Gasteiger partial charge in [0.2, 0.25) is 0 Å². The molecule has 0 N–H and O–H groups in total. The fourth-order valence-corrected chi connectivity index (χ4v) is 8.01. The van der Waals surface area contributed by atoms with Crippen LogP contribution in [0, 0.1) is 11.6 Å². The molecule has 1 amide bonds. The monoisotopic (exact) mass is 685 g/mol. The highest BCUT2D eigenvalue weighted by atomic mass is 35.5. The van der Waals surface area contributed by atoms with Crippen LogP contribution in [0.15, 0.2) is 29.1 Å². The lowest BCUT2D eigenvalue weighted by atomic mass is 9.98. The van der Waals surface area contributed by atoms with Crippen LogP contribution in [0.4, 0.5) is 19.4 Å². The summed E-state index contributed by atoms with van der Waals surface area (Å²) in [4.78, 5) is 38.0. The van der Waals surface area contributed by atoms with Crippen molar-refractivity contribution in [3.63, 3.8) is 0 Å². The molecule has 1 aromatic heterocycles. The number of benzene rings is 2. The maximum atomic E-state index is 15.3. The van der Waals surface area contributed by atoms with E-state index in [2.05, 4.69) is 9.88 Å². The predicted octanol–water partition coefficient (Wildman–Crippen LogP) is 6.02. The number of hydrogen-bond acceptors (Lipinski definition) is 8. The first-order valence-electron chi connectivity index (χ1n) is 16.8. The Kier molecular flexibility index (Phi) is 8.56. The number of ether oxygens (including phenoxy) is 3. The Labute approximate surface area is 283 Å². The van der Waals surface area contributed by atoms with Crippen LogP contribution in [-0.2, 0) is 9.47 Å². The van der Waals surface area contributed by atoms with Crippen molar-refractivity contribution in [2.75, 3.05) is 44.3 Å². The Balaban J connectivity index is 1.28. The van der Waals surface area contributed by atoms with E-state index < -0.39 is 29.0 Å². The van der Waals surface area contributed by atoms with Crippen molar-refractivity contribution in [1.29, 1.82) is 0 Å². The summed E-state index contributed by atoms with van der Waals surface area (Å²) in [5.74, 6) is -0.813. The standard InChI is InChI=1S/C35H42ClF2N5O5/c1-19-15-42(34(45)48-35(3,4)5)20(2)14-41(19)32-26-13-27(36)29(25-9-8-21(37)11-28(25)38)31-30(26)43(33(44)39-32)22(17-47-31)7-6-10-40-16-24-12-23(40)18-46-24/h8-9,11,13,19-20,22-24H,6-7,10,12,14-18H2,1-5H3/t19-,20+,22+,23-,24-/m0/s1. The fraction of sp³-hybridized carbons (Fsp3) is 0.571. The van der Waals surface area contributed by atoms with Crippen molar-refractivity contribution in [2.45, 2.75) is 89.8 Å². The third kappa shape index (κ3) is 6.00. The van der Waals surface area contributed by atoms with E-state index in [0.29, 0.717) is 48.4 Å². The number of nitrogens with zero attached hydrogens (tertiary/aromatic N) is 5. The Bertz CT molecular complexity index is 1810. The smallest absolute Gasteiger partial charge is 0.410 e. The van der Waals surface area contributed by atoms with Crippen LogP contribution in [0.1, 0.15) is 59.9 Å². The number of aromatic nitrogens is 2. The van der Waals surface area contributed by atoms with E-state index in [4.69, 9.17) is 25.8 Å². The highest BCUT2D eigenvalue weighted by Gasteiger charge is 2.40. The summed E-state index contributed by atoms with van der Waals surface area (Å²) in [5, 5.41) is 0.776. The zero-order valence-corrected chi connectivity index (χ0v) is 28.7. The van der Waals surface area contributed by atoms with E-state index in [9.17, 15) is 14.0 Å². The van der Waals surface area contributed by atoms with Crippen LogP contribution >= 0.6 is 11.6 Å². The molecule has 0 aliphatic carbocycles. The van der Waals surface area contributed by atoms with E-state index in [1.165, 1.54) is 12.1 Å². The summed E-state index contributed by atoms with van der Waals surface area (Å²) in [7, 11) is 0. The van der Waals surface area contributed by atoms with Crippen molar-refractivity contribution in [3.05, 3.63) is 51.4 Å². The number of carbonyl (C=O) groups excluding carboxylic acids is 1. The number of carbonyl (C=O) groups is 1. The van der Waals surface area contributed by atoms with Crippen LogP contribution < -0.4 is 15.3 Å². The topological polar surface area (TPSA) is 89.4 Å². The van der Waals surface area contributed by atoms with Crippen LogP contribution in [0.3, 0.4) is 0 Å². The Morgan fingerprint density at radius 3 is 2.58 bits per heavy atom. The molecule has 2 aromatic carbocycles. The molecule has 5 atom stereocenters. The number of fused-ring (bicyclic) bond motifs is 2. The zero-order valence-electron chi connectivity index (χ0n) is 28.0. The summed E-state index contributed by atoms with van der Waals surface area (Å²) in [6.45, 7) is 12.9. The molecule has 5 heterocycles. The SMILES string of the molecule is C[C@@H]1CN(c2nc(=O)n3c4c(c(-c5ccc(F)cc5F)c(Cl)cc24)OC[C@H]3CCCN2C[C@@H]3C[C@H]2CO3)[C@@H](C)CN1C(=O)OC(C)(C)C. The van der Waals surface area contributed by atoms with Crippen molar-refractivity contribution in [2.24, 2.45) is 0 Å². The second-order valence-corrected chi connectivity index (χ2v) is 15.0. The van der Waals surface area contributed by atoms with E-state index in [-0.39, 0.29) is 46.6 Å². The Morgan fingerprint density at radius 2 is 1.90 bits per heavy atom. The fourth-order valence-electron chi connectivity index (χ4n) is 7.71. The van der Waals surface area contributed by atoms with Gasteiger partial charge in [-0.25, -0.2) is 18.4 Å². The summed E-state index contributed by atoms with van der Waals surface area (Å²) in [6, 6.07) is 4.68. The molecule has 2 bridgehead atoms. The molecule has 258 valence electrons. The summed E-state index contributed by atoms with van der Waals surface area (Å²) >= 11 is 6.92. The minimum Gasteiger partial charge on any atom is -0.488 e. The number of hydrogen-bond donors (Lipinski definition) is 0. The van der Waals surface area contributed by atoms with Gasteiger partial charge in [0.15, 0.2) is 5.75 Å². The van der Waals surface area contributed by atoms with E-state index in [0.717, 1.165) is 38.6 Å². The zero-order chi connectivity index (χ0) is 34.1. The van der Waals surface area contributed by atoms with Crippen LogP contribution in [0.2, 0.25) is 5.02 Å². The van der Waals surface area contributed by atoms with Gasteiger partial charge in [-0.2, -0.15) is 4.98 Å². The number of morpholine rings is 1. The average Bonchev–Trinajstić information content (AvgIpc) is 3.64. The molecule has 0 unspecified atom stereocenters. The first-order chi connectivity index (χ1) is 22.8. The quantitative estimate of drug-likeness (QED) is 0.312. The van der Waals surface area contributed by atoms with Crippen molar-refractivity contribution in [3.8, 4) is 16.9 Å². The normalized spacial score (nSPS) is 25.5. The molecule has 4 aliphatic rings. The van der Waals surface area contributed by atoms with E-state index in [1.807, 2.05) is 39.5 Å². The largest absolute Gasteiger partial charge is 0.488 e. The average molecular weight is 686 g/mol. The number of rotatable bonds is 6. The summed E-state index contributed by atoms with van der Waals surface area (Å²) < 4.78 is 48.7. The van der Waals surface area contributed by atoms with Crippen LogP contribution in [0.25, 0.3) is 22.0 Å². The lowest BCUT2D eigenvalue weighted by Gasteiger charge is -2.45. The Morgan fingerprint density at radius 1 is 1.10 bits per heavy atom. The molecule has 4 aliphatic heterocycles. The minimum absolute atomic E-state index is 0.0772. The van der Waals surface area contributed by atoms with Crippen molar-refractivity contribution >= 4 is 34.4 Å². The molecule has 13 heteroatoms. The van der Waals surface area contributed by atoms with Gasteiger partial charge in [0.1, 0.15) is 29.7 Å². The van der Waals surface area contributed by atoms with Gasteiger partial charge in [-0.15, -0.1) is 0 Å². The number of anilines is 1. The molecule has 10 nitrogen and oxygen atoms in total. The second-order valence-electron chi connectivity index (χ2n) is 14.6. The van der Waals surface area contributed by atoms with Gasteiger partial charge < -0.3 is 24.0 Å². The molecule has 0 radical (unpaired) electrons. The first kappa shape index (κ1) is 33.0. The number of amides is 1. The van der Waals surface area contributed by atoms with Gasteiger partial charge in [-0.3, -0.25) is 9.47 Å². The van der Waals surface area contributed by atoms with Crippen LogP contribution in [0.5, 0.6) is 5.75 Å². The molecular weight excluding hydrogens is 644 g/mol. The van der Waals surface area contributed by atoms with Gasteiger partial charge in [0.25, 0.3) is 0 Å². The molecule has 0 saturated carbocycles. The highest BCUT2D eigenvalue weighted by Crippen LogP contribution is 2.48. The number of halogens is 3.